The Morgan fingerprint density at radius 1 is 1.15 bits per heavy atom. The zero-order chi connectivity index (χ0) is 14.6. The molecule has 0 saturated carbocycles. The quantitative estimate of drug-likeness (QED) is 0.831. The van der Waals surface area contributed by atoms with Gasteiger partial charge in [-0.3, -0.25) is 0 Å². The van der Waals surface area contributed by atoms with E-state index in [1.807, 2.05) is 0 Å². The monoisotopic (exact) mass is 273 g/mol. The van der Waals surface area contributed by atoms with Crippen molar-refractivity contribution in [2.75, 3.05) is 26.3 Å². The van der Waals surface area contributed by atoms with Crippen molar-refractivity contribution in [3.63, 3.8) is 0 Å². The predicted octanol–water partition coefficient (Wildman–Crippen LogP) is 3.76. The van der Waals surface area contributed by atoms with Gasteiger partial charge in [-0.25, -0.2) is 0 Å². The first-order valence-electron chi connectivity index (χ1n) is 7.54. The molecule has 2 rings (SSSR count). The van der Waals surface area contributed by atoms with E-state index < -0.39 is 0 Å². The Hall–Kier alpha value is -1.28. The maximum absolute atomic E-state index is 5.37. The van der Waals surface area contributed by atoms with Gasteiger partial charge in [0.05, 0.1) is 13.2 Å². The molecule has 0 unspecified atom stereocenters. The van der Waals surface area contributed by atoms with Crippen molar-refractivity contribution < 1.29 is 4.74 Å². The van der Waals surface area contributed by atoms with Crippen molar-refractivity contribution in [3.05, 3.63) is 47.2 Å². The van der Waals surface area contributed by atoms with Gasteiger partial charge in [0.2, 0.25) is 0 Å². The first kappa shape index (κ1) is 15.1. The minimum absolute atomic E-state index is 0.233. The van der Waals surface area contributed by atoms with Crippen molar-refractivity contribution >= 4 is 0 Å². The summed E-state index contributed by atoms with van der Waals surface area (Å²) in [7, 11) is 0. The summed E-state index contributed by atoms with van der Waals surface area (Å²) in [6.07, 6.45) is 3.32. The number of hydrogen-bond donors (Lipinski definition) is 0. The maximum atomic E-state index is 5.37. The smallest absolute Gasteiger partial charge is 0.0642 e. The molecule has 20 heavy (non-hydrogen) atoms. The minimum atomic E-state index is 0.233. The fourth-order valence-corrected chi connectivity index (χ4v) is 2.51. The summed E-state index contributed by atoms with van der Waals surface area (Å²) in [4.78, 5) is 2.36. The Morgan fingerprint density at radius 2 is 1.75 bits per heavy atom. The SMILES string of the molecule is C/C(=C/N1CCOCC1)Cc1ccc(C(C)(C)C)cc1. The molecule has 1 aromatic rings. The fourth-order valence-electron chi connectivity index (χ4n) is 2.51. The summed E-state index contributed by atoms with van der Waals surface area (Å²) in [6.45, 7) is 12.7. The maximum Gasteiger partial charge on any atom is 0.0642 e. The zero-order valence-corrected chi connectivity index (χ0v) is 13.3. The van der Waals surface area contributed by atoms with Crippen molar-refractivity contribution in [1.29, 1.82) is 0 Å². The van der Waals surface area contributed by atoms with Gasteiger partial charge < -0.3 is 9.64 Å². The number of benzene rings is 1. The molecule has 1 aromatic carbocycles. The molecule has 1 saturated heterocycles. The number of allylic oxidation sites excluding steroid dienone is 1. The van der Waals surface area contributed by atoms with E-state index in [1.54, 1.807) is 0 Å². The lowest BCUT2D eigenvalue weighted by Crippen LogP contribution is -2.32. The summed E-state index contributed by atoms with van der Waals surface area (Å²) >= 11 is 0. The van der Waals surface area contributed by atoms with E-state index in [1.165, 1.54) is 16.7 Å². The second-order valence-corrected chi connectivity index (χ2v) is 6.75. The molecule has 0 aliphatic carbocycles. The highest BCUT2D eigenvalue weighted by atomic mass is 16.5. The van der Waals surface area contributed by atoms with E-state index in [0.717, 1.165) is 32.7 Å². The molecule has 1 heterocycles. The lowest BCUT2D eigenvalue weighted by Gasteiger charge is -2.26. The second-order valence-electron chi connectivity index (χ2n) is 6.75. The van der Waals surface area contributed by atoms with E-state index in [2.05, 4.69) is 63.1 Å². The summed E-state index contributed by atoms with van der Waals surface area (Å²) in [6, 6.07) is 9.04. The standard InChI is InChI=1S/C18H27NO/c1-15(14-19-9-11-20-12-10-19)13-16-5-7-17(8-6-16)18(2,3)4/h5-8,14H,9-13H2,1-4H3/b15-14-. The molecule has 1 aliphatic rings. The van der Waals surface area contributed by atoms with Crippen LogP contribution in [0.15, 0.2) is 36.0 Å². The third-order valence-corrected chi connectivity index (χ3v) is 3.75. The van der Waals surface area contributed by atoms with E-state index in [4.69, 9.17) is 4.74 Å². The van der Waals surface area contributed by atoms with Gasteiger partial charge in [0, 0.05) is 13.1 Å². The van der Waals surface area contributed by atoms with Gasteiger partial charge in [0.1, 0.15) is 0 Å². The highest BCUT2D eigenvalue weighted by Gasteiger charge is 2.13. The Balaban J connectivity index is 1.97. The van der Waals surface area contributed by atoms with E-state index in [0.29, 0.717) is 0 Å². The van der Waals surface area contributed by atoms with Crippen LogP contribution in [0.4, 0.5) is 0 Å². The zero-order valence-electron chi connectivity index (χ0n) is 13.3. The highest BCUT2D eigenvalue weighted by Crippen LogP contribution is 2.22. The molecule has 0 atom stereocenters. The van der Waals surface area contributed by atoms with Crippen LogP contribution in [-0.2, 0) is 16.6 Å². The molecule has 0 amide bonds. The van der Waals surface area contributed by atoms with Crippen molar-refractivity contribution in [2.24, 2.45) is 0 Å². The van der Waals surface area contributed by atoms with Crippen molar-refractivity contribution in [3.8, 4) is 0 Å². The average Bonchev–Trinajstić information content (AvgIpc) is 2.39. The fraction of sp³-hybridized carbons (Fsp3) is 0.556. The van der Waals surface area contributed by atoms with Crippen molar-refractivity contribution in [1.82, 2.24) is 4.90 Å². The molecule has 0 N–H and O–H groups in total. The van der Waals surface area contributed by atoms with Crippen LogP contribution >= 0.6 is 0 Å². The molecular formula is C18H27NO. The topological polar surface area (TPSA) is 12.5 Å². The van der Waals surface area contributed by atoms with Crippen LogP contribution in [0.1, 0.15) is 38.8 Å². The normalized spacial score (nSPS) is 17.4. The third kappa shape index (κ3) is 4.38. The number of rotatable bonds is 3. The lowest BCUT2D eigenvalue weighted by atomic mass is 9.86. The summed E-state index contributed by atoms with van der Waals surface area (Å²) in [5.74, 6) is 0. The van der Waals surface area contributed by atoms with Gasteiger partial charge in [-0.15, -0.1) is 0 Å². The van der Waals surface area contributed by atoms with Crippen LogP contribution in [0.25, 0.3) is 0 Å². The number of ether oxygens (including phenoxy) is 1. The first-order valence-corrected chi connectivity index (χ1v) is 7.54. The van der Waals surface area contributed by atoms with Gasteiger partial charge in [0.15, 0.2) is 0 Å². The Bertz CT molecular complexity index is 447. The van der Waals surface area contributed by atoms with E-state index in [-0.39, 0.29) is 5.41 Å². The van der Waals surface area contributed by atoms with Crippen molar-refractivity contribution in [2.45, 2.75) is 39.5 Å². The van der Waals surface area contributed by atoms with Crippen LogP contribution in [0.3, 0.4) is 0 Å². The molecule has 0 aromatic heterocycles. The average molecular weight is 273 g/mol. The molecule has 0 radical (unpaired) electrons. The largest absolute Gasteiger partial charge is 0.378 e. The first-order chi connectivity index (χ1) is 9.45. The number of nitrogens with zero attached hydrogens (tertiary/aromatic N) is 1. The molecule has 1 fully saturated rings. The summed E-state index contributed by atoms with van der Waals surface area (Å²) in [5, 5.41) is 0. The van der Waals surface area contributed by atoms with Gasteiger partial charge in [-0.1, -0.05) is 50.6 Å². The highest BCUT2D eigenvalue weighted by molar-refractivity contribution is 5.29. The molecule has 1 aliphatic heterocycles. The van der Waals surface area contributed by atoms with Crippen LogP contribution in [0.2, 0.25) is 0 Å². The van der Waals surface area contributed by atoms with E-state index >= 15 is 0 Å². The predicted molar refractivity (Wildman–Crippen MR) is 85.0 cm³/mol. The van der Waals surface area contributed by atoms with Crippen LogP contribution in [-0.4, -0.2) is 31.2 Å². The number of morpholine rings is 1. The summed E-state index contributed by atoms with van der Waals surface area (Å²) in [5.41, 5.74) is 4.43. The van der Waals surface area contributed by atoms with E-state index in [9.17, 15) is 0 Å². The second kappa shape index (κ2) is 6.45. The Labute approximate surface area is 123 Å². The van der Waals surface area contributed by atoms with Crippen LogP contribution in [0.5, 0.6) is 0 Å². The van der Waals surface area contributed by atoms with Crippen LogP contribution < -0.4 is 0 Å². The third-order valence-electron chi connectivity index (χ3n) is 3.75. The molecule has 2 nitrogen and oxygen atoms in total. The van der Waals surface area contributed by atoms with Gasteiger partial charge in [0.25, 0.3) is 0 Å². The molecular weight excluding hydrogens is 246 g/mol. The summed E-state index contributed by atoms with van der Waals surface area (Å²) < 4.78 is 5.37. The van der Waals surface area contributed by atoms with Gasteiger partial charge in [-0.2, -0.15) is 0 Å². The van der Waals surface area contributed by atoms with Crippen LogP contribution in [0, 0.1) is 0 Å². The Kier molecular flexibility index (Phi) is 4.87. The minimum Gasteiger partial charge on any atom is -0.378 e. The van der Waals surface area contributed by atoms with Gasteiger partial charge in [-0.05, 0) is 36.1 Å². The lowest BCUT2D eigenvalue weighted by molar-refractivity contribution is 0.0590. The molecule has 2 heteroatoms. The molecule has 0 bridgehead atoms. The number of hydrogen-bond acceptors (Lipinski definition) is 2. The molecule has 110 valence electrons. The Morgan fingerprint density at radius 3 is 2.30 bits per heavy atom. The molecule has 0 spiro atoms. The van der Waals surface area contributed by atoms with Gasteiger partial charge >= 0.3 is 0 Å².